The maximum absolute atomic E-state index is 12.0. The van der Waals surface area contributed by atoms with Crippen LogP contribution >= 0.6 is 0 Å². The van der Waals surface area contributed by atoms with Gasteiger partial charge in [-0.25, -0.2) is 4.79 Å². The van der Waals surface area contributed by atoms with E-state index in [0.717, 1.165) is 22.3 Å². The highest BCUT2D eigenvalue weighted by molar-refractivity contribution is 6.00. The third kappa shape index (κ3) is 1.53. The smallest absolute Gasteiger partial charge is 0.339 e. The Balaban J connectivity index is 2.42. The van der Waals surface area contributed by atoms with Crippen LogP contribution in [0.1, 0.15) is 27.0 Å². The molecule has 1 aliphatic rings. The van der Waals surface area contributed by atoms with Gasteiger partial charge in [0, 0.05) is 0 Å². The van der Waals surface area contributed by atoms with Gasteiger partial charge in [0.1, 0.15) is 6.61 Å². The number of carbonyl (C=O) groups is 1. The Hall–Kier alpha value is -2.09. The van der Waals surface area contributed by atoms with Gasteiger partial charge in [-0.2, -0.15) is 0 Å². The Bertz CT molecular complexity index is 642. The van der Waals surface area contributed by atoms with Crippen LogP contribution in [0.2, 0.25) is 0 Å². The van der Waals surface area contributed by atoms with E-state index in [9.17, 15) is 4.79 Å². The van der Waals surface area contributed by atoms with Crippen molar-refractivity contribution in [2.24, 2.45) is 0 Å². The molecule has 0 atom stereocenters. The minimum absolute atomic E-state index is 0.232. The lowest BCUT2D eigenvalue weighted by Crippen LogP contribution is -2.03. The molecule has 18 heavy (non-hydrogen) atoms. The van der Waals surface area contributed by atoms with Crippen molar-refractivity contribution in [3.63, 3.8) is 0 Å². The van der Waals surface area contributed by atoms with Gasteiger partial charge in [-0.1, -0.05) is 30.3 Å². The van der Waals surface area contributed by atoms with Crippen LogP contribution in [0, 0.1) is 13.8 Å². The lowest BCUT2D eigenvalue weighted by Gasteiger charge is -2.13. The first-order valence-corrected chi connectivity index (χ1v) is 6.04. The molecule has 90 valence electrons. The third-order valence-corrected chi connectivity index (χ3v) is 3.46. The van der Waals surface area contributed by atoms with Crippen LogP contribution in [0.4, 0.5) is 0 Å². The summed E-state index contributed by atoms with van der Waals surface area (Å²) in [5.41, 5.74) is 6.22. The average molecular weight is 238 g/mol. The maximum atomic E-state index is 12.0. The number of carbonyl (C=O) groups excluding carboxylic acids is 1. The van der Waals surface area contributed by atoms with E-state index in [1.807, 2.05) is 37.3 Å². The number of benzene rings is 2. The maximum Gasteiger partial charge on any atom is 0.339 e. The van der Waals surface area contributed by atoms with Crippen LogP contribution in [0.5, 0.6) is 0 Å². The summed E-state index contributed by atoms with van der Waals surface area (Å²) >= 11 is 0. The predicted octanol–water partition coefficient (Wildman–Crippen LogP) is 3.64. The molecule has 0 radical (unpaired) electrons. The zero-order chi connectivity index (χ0) is 12.7. The molecule has 1 aliphatic heterocycles. The molecule has 0 fully saturated rings. The Morgan fingerprint density at radius 3 is 2.39 bits per heavy atom. The van der Waals surface area contributed by atoms with Gasteiger partial charge < -0.3 is 4.74 Å². The number of hydrogen-bond acceptors (Lipinski definition) is 2. The molecule has 0 amide bonds. The summed E-state index contributed by atoms with van der Waals surface area (Å²) in [4.78, 5) is 12.0. The molecule has 1 heterocycles. The molecule has 2 heteroatoms. The first-order valence-electron chi connectivity index (χ1n) is 6.04. The molecule has 3 rings (SSSR count). The Labute approximate surface area is 106 Å². The monoisotopic (exact) mass is 238 g/mol. The summed E-state index contributed by atoms with van der Waals surface area (Å²) in [6, 6.07) is 11.9. The number of fused-ring (bicyclic) bond motifs is 3. The highest BCUT2D eigenvalue weighted by Crippen LogP contribution is 2.36. The Kier molecular flexibility index (Phi) is 2.44. The molecule has 2 aromatic carbocycles. The second-order valence-electron chi connectivity index (χ2n) is 4.68. The zero-order valence-corrected chi connectivity index (χ0v) is 10.5. The van der Waals surface area contributed by atoms with E-state index >= 15 is 0 Å². The van der Waals surface area contributed by atoms with Crippen molar-refractivity contribution in [2.45, 2.75) is 20.5 Å². The van der Waals surface area contributed by atoms with E-state index in [0.29, 0.717) is 12.2 Å². The molecule has 0 saturated heterocycles. The molecule has 0 aromatic heterocycles. The molecule has 0 saturated carbocycles. The third-order valence-electron chi connectivity index (χ3n) is 3.46. The van der Waals surface area contributed by atoms with Crippen molar-refractivity contribution in [1.29, 1.82) is 0 Å². The standard InChI is InChI=1S/C16H14O2/c1-10-5-3-7-12-9-18-16(17)13-8-4-6-11(2)15(13)14(10)12/h3-8H,9H2,1-2H3. The largest absolute Gasteiger partial charge is 0.457 e. The zero-order valence-electron chi connectivity index (χ0n) is 10.5. The van der Waals surface area contributed by atoms with Gasteiger partial charge in [-0.05, 0) is 47.7 Å². The molecule has 0 bridgehead atoms. The van der Waals surface area contributed by atoms with E-state index in [1.165, 1.54) is 5.56 Å². The summed E-state index contributed by atoms with van der Waals surface area (Å²) in [6.07, 6.45) is 0. The van der Waals surface area contributed by atoms with Crippen LogP contribution in [-0.4, -0.2) is 5.97 Å². The van der Waals surface area contributed by atoms with Crippen molar-refractivity contribution in [1.82, 2.24) is 0 Å². The summed E-state index contributed by atoms with van der Waals surface area (Å²) in [6.45, 7) is 4.46. The lowest BCUT2D eigenvalue weighted by molar-refractivity contribution is 0.0479. The molecular weight excluding hydrogens is 224 g/mol. The van der Waals surface area contributed by atoms with E-state index in [2.05, 4.69) is 13.0 Å². The first kappa shape index (κ1) is 11.0. The summed E-state index contributed by atoms with van der Waals surface area (Å²) in [7, 11) is 0. The number of ether oxygens (including phenoxy) is 1. The van der Waals surface area contributed by atoms with Crippen LogP contribution in [-0.2, 0) is 11.3 Å². The van der Waals surface area contributed by atoms with Crippen molar-refractivity contribution < 1.29 is 9.53 Å². The Morgan fingerprint density at radius 1 is 0.944 bits per heavy atom. The van der Waals surface area contributed by atoms with Crippen molar-refractivity contribution >= 4 is 5.97 Å². The summed E-state index contributed by atoms with van der Waals surface area (Å²) in [5.74, 6) is -0.232. The van der Waals surface area contributed by atoms with E-state index < -0.39 is 0 Å². The van der Waals surface area contributed by atoms with Crippen LogP contribution in [0.15, 0.2) is 36.4 Å². The van der Waals surface area contributed by atoms with Crippen molar-refractivity contribution in [3.8, 4) is 11.1 Å². The van der Waals surface area contributed by atoms with Crippen molar-refractivity contribution in [2.75, 3.05) is 0 Å². The van der Waals surface area contributed by atoms with Gasteiger partial charge in [-0.3, -0.25) is 0 Å². The second kappa shape index (κ2) is 3.98. The molecule has 2 nitrogen and oxygen atoms in total. The fraction of sp³-hybridized carbons (Fsp3) is 0.188. The van der Waals surface area contributed by atoms with Gasteiger partial charge in [0.2, 0.25) is 0 Å². The lowest BCUT2D eigenvalue weighted by atomic mass is 9.89. The van der Waals surface area contributed by atoms with E-state index in [1.54, 1.807) is 0 Å². The van der Waals surface area contributed by atoms with Gasteiger partial charge >= 0.3 is 5.97 Å². The molecule has 0 unspecified atom stereocenters. The van der Waals surface area contributed by atoms with Crippen LogP contribution in [0.3, 0.4) is 0 Å². The van der Waals surface area contributed by atoms with E-state index in [4.69, 9.17) is 4.74 Å². The number of cyclic esters (lactones) is 1. The topological polar surface area (TPSA) is 26.3 Å². The number of hydrogen-bond donors (Lipinski definition) is 0. The minimum atomic E-state index is -0.232. The summed E-state index contributed by atoms with van der Waals surface area (Å²) < 4.78 is 5.33. The minimum Gasteiger partial charge on any atom is -0.457 e. The molecular formula is C16H14O2. The highest BCUT2D eigenvalue weighted by Gasteiger charge is 2.23. The number of rotatable bonds is 0. The number of aryl methyl sites for hydroxylation is 2. The quantitative estimate of drug-likeness (QED) is 0.655. The van der Waals surface area contributed by atoms with Crippen LogP contribution < -0.4 is 0 Å². The summed E-state index contributed by atoms with van der Waals surface area (Å²) in [5, 5.41) is 0. The second-order valence-corrected chi connectivity index (χ2v) is 4.68. The predicted molar refractivity (Wildman–Crippen MR) is 70.5 cm³/mol. The molecule has 0 N–H and O–H groups in total. The van der Waals surface area contributed by atoms with Gasteiger partial charge in [0.05, 0.1) is 5.56 Å². The van der Waals surface area contributed by atoms with Gasteiger partial charge in [-0.15, -0.1) is 0 Å². The molecule has 0 aliphatic carbocycles. The molecule has 2 aromatic rings. The fourth-order valence-electron chi connectivity index (χ4n) is 2.60. The normalized spacial score (nSPS) is 13.3. The SMILES string of the molecule is Cc1cccc2c1-c1c(C)cccc1C(=O)OC2. The Morgan fingerprint density at radius 2 is 1.61 bits per heavy atom. The molecule has 0 spiro atoms. The number of esters is 1. The van der Waals surface area contributed by atoms with Gasteiger partial charge in [0.25, 0.3) is 0 Å². The average Bonchev–Trinajstić information content (AvgIpc) is 2.50. The van der Waals surface area contributed by atoms with Crippen molar-refractivity contribution in [3.05, 3.63) is 58.7 Å². The first-order chi connectivity index (χ1) is 8.68. The van der Waals surface area contributed by atoms with E-state index in [-0.39, 0.29) is 5.97 Å². The highest BCUT2D eigenvalue weighted by atomic mass is 16.5. The fourth-order valence-corrected chi connectivity index (χ4v) is 2.60. The van der Waals surface area contributed by atoms with Gasteiger partial charge in [0.15, 0.2) is 0 Å². The van der Waals surface area contributed by atoms with Crippen LogP contribution in [0.25, 0.3) is 11.1 Å².